The van der Waals surface area contributed by atoms with Crippen LogP contribution in [0.15, 0.2) is 48.7 Å². The molecule has 0 saturated heterocycles. The molecular formula is C17H16FNO. The van der Waals surface area contributed by atoms with Crippen molar-refractivity contribution in [1.29, 1.82) is 0 Å². The number of ether oxygens (including phenoxy) is 1. The number of rotatable bonds is 3. The molecule has 3 heteroatoms. The summed E-state index contributed by atoms with van der Waals surface area (Å²) in [5.41, 5.74) is 2.77. The lowest BCUT2D eigenvalue weighted by Gasteiger charge is -2.06. The molecule has 3 aromatic rings. The van der Waals surface area contributed by atoms with E-state index in [1.54, 1.807) is 10.6 Å². The largest absolute Gasteiger partial charge is 0.489 e. The first-order chi connectivity index (χ1) is 9.65. The van der Waals surface area contributed by atoms with Gasteiger partial charge < -0.3 is 9.30 Å². The maximum atomic E-state index is 13.8. The van der Waals surface area contributed by atoms with E-state index < -0.39 is 0 Å². The number of nitrogens with zero attached hydrogens (tertiary/aromatic N) is 1. The summed E-state index contributed by atoms with van der Waals surface area (Å²) in [4.78, 5) is 0. The van der Waals surface area contributed by atoms with Gasteiger partial charge in [-0.3, -0.25) is 0 Å². The third-order valence-electron chi connectivity index (χ3n) is 3.42. The highest BCUT2D eigenvalue weighted by atomic mass is 19.1. The smallest absolute Gasteiger partial charge is 0.147 e. The van der Waals surface area contributed by atoms with Gasteiger partial charge in [-0.15, -0.1) is 0 Å². The van der Waals surface area contributed by atoms with Gasteiger partial charge in [0.25, 0.3) is 0 Å². The highest BCUT2D eigenvalue weighted by molar-refractivity contribution is 5.84. The van der Waals surface area contributed by atoms with E-state index in [-0.39, 0.29) is 5.82 Å². The third-order valence-corrected chi connectivity index (χ3v) is 3.42. The van der Waals surface area contributed by atoms with Crippen LogP contribution in [0.2, 0.25) is 0 Å². The molecule has 0 aliphatic heterocycles. The minimum absolute atomic E-state index is 0.202. The number of hydrogen-bond donors (Lipinski definition) is 0. The van der Waals surface area contributed by atoms with Gasteiger partial charge in [-0.25, -0.2) is 4.39 Å². The van der Waals surface area contributed by atoms with Crippen molar-refractivity contribution in [3.8, 4) is 5.75 Å². The van der Waals surface area contributed by atoms with Crippen LogP contribution in [0.1, 0.15) is 11.1 Å². The van der Waals surface area contributed by atoms with Gasteiger partial charge in [0.1, 0.15) is 18.2 Å². The molecule has 0 unspecified atom stereocenters. The van der Waals surface area contributed by atoms with Gasteiger partial charge >= 0.3 is 0 Å². The maximum absolute atomic E-state index is 13.8. The highest BCUT2D eigenvalue weighted by Gasteiger charge is 2.10. The molecular weight excluding hydrogens is 253 g/mol. The molecule has 0 amide bonds. The average Bonchev–Trinajstić information content (AvgIpc) is 2.75. The van der Waals surface area contributed by atoms with E-state index >= 15 is 0 Å². The Bertz CT molecular complexity index is 761. The van der Waals surface area contributed by atoms with Crippen LogP contribution in [-0.4, -0.2) is 4.57 Å². The van der Waals surface area contributed by atoms with E-state index in [1.165, 1.54) is 6.07 Å². The number of benzene rings is 2. The SMILES string of the molecule is Cc1cccc(OCc2cn(C)c3c(F)cccc23)c1. The summed E-state index contributed by atoms with van der Waals surface area (Å²) in [6.45, 7) is 2.46. The van der Waals surface area contributed by atoms with Crippen molar-refractivity contribution < 1.29 is 9.13 Å². The Kier molecular flexibility index (Phi) is 3.18. The minimum Gasteiger partial charge on any atom is -0.489 e. The van der Waals surface area contributed by atoms with Gasteiger partial charge in [0.15, 0.2) is 0 Å². The van der Waals surface area contributed by atoms with Crippen molar-refractivity contribution in [2.45, 2.75) is 13.5 Å². The van der Waals surface area contributed by atoms with Gasteiger partial charge in [-0.1, -0.05) is 24.3 Å². The van der Waals surface area contributed by atoms with E-state index in [0.717, 1.165) is 22.3 Å². The first kappa shape index (κ1) is 12.7. The summed E-state index contributed by atoms with van der Waals surface area (Å²) in [5.74, 6) is 0.630. The fourth-order valence-electron chi connectivity index (χ4n) is 2.48. The third kappa shape index (κ3) is 2.27. The molecule has 0 atom stereocenters. The Morgan fingerprint density at radius 3 is 2.75 bits per heavy atom. The van der Waals surface area contributed by atoms with Crippen LogP contribution >= 0.6 is 0 Å². The van der Waals surface area contributed by atoms with E-state index in [2.05, 4.69) is 0 Å². The van der Waals surface area contributed by atoms with Crippen molar-refractivity contribution in [3.63, 3.8) is 0 Å². The second kappa shape index (κ2) is 5.00. The van der Waals surface area contributed by atoms with Crippen LogP contribution in [0.5, 0.6) is 5.75 Å². The molecule has 0 aliphatic carbocycles. The summed E-state index contributed by atoms with van der Waals surface area (Å²) in [5, 5.41) is 0.903. The summed E-state index contributed by atoms with van der Waals surface area (Å²) in [7, 11) is 1.85. The molecule has 0 bridgehead atoms. The standard InChI is InChI=1S/C17H16FNO/c1-12-5-3-6-14(9-12)20-11-13-10-19(2)17-15(13)7-4-8-16(17)18/h3-10H,11H2,1-2H3. The van der Waals surface area contributed by atoms with Crippen molar-refractivity contribution >= 4 is 10.9 Å². The molecule has 20 heavy (non-hydrogen) atoms. The Morgan fingerprint density at radius 1 is 1.15 bits per heavy atom. The normalized spacial score (nSPS) is 10.9. The summed E-state index contributed by atoms with van der Waals surface area (Å²) >= 11 is 0. The summed E-state index contributed by atoms with van der Waals surface area (Å²) in [6.07, 6.45) is 1.92. The fourth-order valence-corrected chi connectivity index (χ4v) is 2.48. The number of halogens is 1. The van der Waals surface area contributed by atoms with Gasteiger partial charge in [-0.2, -0.15) is 0 Å². The zero-order valence-electron chi connectivity index (χ0n) is 11.6. The maximum Gasteiger partial charge on any atom is 0.147 e. The first-order valence-corrected chi connectivity index (χ1v) is 6.57. The molecule has 3 rings (SSSR count). The number of aryl methyl sites for hydroxylation is 2. The summed E-state index contributed by atoms with van der Waals surface area (Å²) < 4.78 is 21.4. The van der Waals surface area contributed by atoms with Crippen LogP contribution in [0.4, 0.5) is 4.39 Å². The predicted octanol–water partition coefficient (Wildman–Crippen LogP) is 4.20. The van der Waals surface area contributed by atoms with E-state index in [1.807, 2.05) is 50.5 Å². The molecule has 2 aromatic carbocycles. The van der Waals surface area contributed by atoms with Crippen LogP contribution in [0, 0.1) is 12.7 Å². The molecule has 0 N–H and O–H groups in total. The lowest BCUT2D eigenvalue weighted by molar-refractivity contribution is 0.307. The molecule has 1 aromatic heterocycles. The average molecular weight is 269 g/mol. The van der Waals surface area contributed by atoms with Gasteiger partial charge in [0.2, 0.25) is 0 Å². The monoisotopic (exact) mass is 269 g/mol. The molecule has 0 spiro atoms. The number of fused-ring (bicyclic) bond motifs is 1. The Morgan fingerprint density at radius 2 is 1.95 bits per heavy atom. The first-order valence-electron chi connectivity index (χ1n) is 6.57. The predicted molar refractivity (Wildman–Crippen MR) is 78.4 cm³/mol. The Balaban J connectivity index is 1.90. The van der Waals surface area contributed by atoms with E-state index in [0.29, 0.717) is 12.1 Å². The topological polar surface area (TPSA) is 14.2 Å². The number of para-hydroxylation sites is 1. The Labute approximate surface area is 117 Å². The number of aromatic nitrogens is 1. The van der Waals surface area contributed by atoms with Crippen LogP contribution in [0.25, 0.3) is 10.9 Å². The van der Waals surface area contributed by atoms with Crippen molar-refractivity contribution in [3.05, 3.63) is 65.6 Å². The van der Waals surface area contributed by atoms with Gasteiger partial charge in [0, 0.05) is 24.2 Å². The second-order valence-corrected chi connectivity index (χ2v) is 5.01. The highest BCUT2D eigenvalue weighted by Crippen LogP contribution is 2.24. The lowest BCUT2D eigenvalue weighted by Crippen LogP contribution is -1.94. The lowest BCUT2D eigenvalue weighted by atomic mass is 10.2. The molecule has 0 radical (unpaired) electrons. The van der Waals surface area contributed by atoms with Crippen molar-refractivity contribution in [2.24, 2.45) is 7.05 Å². The summed E-state index contributed by atoms with van der Waals surface area (Å²) in [6, 6.07) is 13.0. The molecule has 0 saturated carbocycles. The zero-order chi connectivity index (χ0) is 14.1. The molecule has 0 fully saturated rings. The van der Waals surface area contributed by atoms with Crippen LogP contribution in [-0.2, 0) is 13.7 Å². The number of hydrogen-bond acceptors (Lipinski definition) is 1. The van der Waals surface area contributed by atoms with Crippen LogP contribution in [0.3, 0.4) is 0 Å². The van der Waals surface area contributed by atoms with Gasteiger partial charge in [0.05, 0.1) is 5.52 Å². The minimum atomic E-state index is -0.202. The zero-order valence-corrected chi connectivity index (χ0v) is 11.6. The molecule has 102 valence electrons. The quantitative estimate of drug-likeness (QED) is 0.695. The fraction of sp³-hybridized carbons (Fsp3) is 0.176. The Hall–Kier alpha value is -2.29. The van der Waals surface area contributed by atoms with E-state index in [4.69, 9.17) is 4.74 Å². The van der Waals surface area contributed by atoms with Crippen LogP contribution < -0.4 is 4.74 Å². The molecule has 0 aliphatic rings. The van der Waals surface area contributed by atoms with Gasteiger partial charge in [-0.05, 0) is 30.7 Å². The molecule has 2 nitrogen and oxygen atoms in total. The molecule has 1 heterocycles. The van der Waals surface area contributed by atoms with Crippen molar-refractivity contribution in [1.82, 2.24) is 4.57 Å². The second-order valence-electron chi connectivity index (χ2n) is 5.01. The van der Waals surface area contributed by atoms with Crippen molar-refractivity contribution in [2.75, 3.05) is 0 Å². The van der Waals surface area contributed by atoms with E-state index in [9.17, 15) is 4.39 Å².